The molecule has 2 aromatic carbocycles. The van der Waals surface area contributed by atoms with Crippen LogP contribution in [0, 0.1) is 5.92 Å². The van der Waals surface area contributed by atoms with Crippen LogP contribution in [0.4, 0.5) is 5.69 Å². The van der Waals surface area contributed by atoms with Crippen LogP contribution in [0.15, 0.2) is 48.5 Å². The minimum Gasteiger partial charge on any atom is -0.324 e. The highest BCUT2D eigenvalue weighted by atomic mass is 16.2. The van der Waals surface area contributed by atoms with Crippen LogP contribution in [0.3, 0.4) is 0 Å². The van der Waals surface area contributed by atoms with Crippen molar-refractivity contribution in [2.45, 2.75) is 38.8 Å². The maximum atomic E-state index is 12.6. The second-order valence-electron chi connectivity index (χ2n) is 7.91. The molecule has 6 nitrogen and oxygen atoms in total. The van der Waals surface area contributed by atoms with Gasteiger partial charge in [-0.05, 0) is 43.0 Å². The van der Waals surface area contributed by atoms with Crippen molar-refractivity contribution in [2.75, 3.05) is 11.9 Å². The van der Waals surface area contributed by atoms with Gasteiger partial charge in [0.15, 0.2) is 0 Å². The third-order valence-electron chi connectivity index (χ3n) is 5.50. The van der Waals surface area contributed by atoms with Gasteiger partial charge in [0.2, 0.25) is 5.91 Å². The lowest BCUT2D eigenvalue weighted by Crippen LogP contribution is -2.37. The molecule has 0 aromatic heterocycles. The molecule has 0 radical (unpaired) electrons. The van der Waals surface area contributed by atoms with Gasteiger partial charge < -0.3 is 10.6 Å². The Bertz CT molecular complexity index is 917. The highest BCUT2D eigenvalue weighted by molar-refractivity contribution is 6.22. The SMILES string of the molecule is CC(CC1CC1)NCc1ccccc1NC(=O)CN1C(=O)c2ccccc2C1=O. The number of para-hydroxylation sites is 1. The molecule has 4 rings (SSSR count). The average molecular weight is 391 g/mol. The summed E-state index contributed by atoms with van der Waals surface area (Å²) in [5.74, 6) is -0.390. The van der Waals surface area contributed by atoms with Crippen molar-refractivity contribution >= 4 is 23.4 Å². The lowest BCUT2D eigenvalue weighted by molar-refractivity contribution is -0.116. The molecule has 1 heterocycles. The van der Waals surface area contributed by atoms with Crippen LogP contribution in [-0.2, 0) is 11.3 Å². The van der Waals surface area contributed by atoms with Crippen LogP contribution >= 0.6 is 0 Å². The maximum Gasteiger partial charge on any atom is 0.262 e. The van der Waals surface area contributed by atoms with E-state index >= 15 is 0 Å². The first-order valence-corrected chi connectivity index (χ1v) is 10.1. The molecule has 1 atom stereocenters. The number of amides is 3. The number of anilines is 1. The summed E-state index contributed by atoms with van der Waals surface area (Å²) in [5.41, 5.74) is 2.37. The molecule has 0 spiro atoms. The Morgan fingerprint density at radius 3 is 2.31 bits per heavy atom. The first-order chi connectivity index (χ1) is 14.0. The summed E-state index contributed by atoms with van der Waals surface area (Å²) in [6.45, 7) is 2.53. The Morgan fingerprint density at radius 2 is 1.66 bits per heavy atom. The van der Waals surface area contributed by atoms with E-state index in [1.165, 1.54) is 19.3 Å². The molecule has 1 saturated carbocycles. The molecule has 2 aromatic rings. The van der Waals surface area contributed by atoms with Crippen molar-refractivity contribution in [3.63, 3.8) is 0 Å². The molecular formula is C23H25N3O3. The summed E-state index contributed by atoms with van der Waals surface area (Å²) < 4.78 is 0. The predicted octanol–water partition coefficient (Wildman–Crippen LogP) is 3.20. The van der Waals surface area contributed by atoms with Gasteiger partial charge in [0.25, 0.3) is 11.8 Å². The van der Waals surface area contributed by atoms with E-state index < -0.39 is 17.7 Å². The number of rotatable bonds is 8. The van der Waals surface area contributed by atoms with E-state index in [-0.39, 0.29) is 6.54 Å². The van der Waals surface area contributed by atoms with Crippen molar-refractivity contribution < 1.29 is 14.4 Å². The number of nitrogens with zero attached hydrogens (tertiary/aromatic N) is 1. The van der Waals surface area contributed by atoms with E-state index in [4.69, 9.17) is 0 Å². The fourth-order valence-electron chi connectivity index (χ4n) is 3.73. The van der Waals surface area contributed by atoms with E-state index in [0.29, 0.717) is 29.4 Å². The van der Waals surface area contributed by atoms with Gasteiger partial charge in [0, 0.05) is 18.3 Å². The number of carbonyl (C=O) groups is 3. The third-order valence-corrected chi connectivity index (χ3v) is 5.50. The molecule has 2 aliphatic rings. The normalized spacial score (nSPS) is 16.7. The van der Waals surface area contributed by atoms with Crippen molar-refractivity contribution in [2.24, 2.45) is 5.92 Å². The number of fused-ring (bicyclic) bond motifs is 1. The topological polar surface area (TPSA) is 78.5 Å². The van der Waals surface area contributed by atoms with Crippen LogP contribution in [0.1, 0.15) is 52.5 Å². The van der Waals surface area contributed by atoms with Gasteiger partial charge in [-0.1, -0.05) is 43.2 Å². The van der Waals surface area contributed by atoms with Crippen molar-refractivity contribution in [3.8, 4) is 0 Å². The van der Waals surface area contributed by atoms with Crippen LogP contribution in [0.2, 0.25) is 0 Å². The standard InChI is InChI=1S/C23H25N3O3/c1-15(12-16-10-11-16)24-13-17-6-2-5-9-20(17)25-21(27)14-26-22(28)18-7-3-4-8-19(18)23(26)29/h2-9,15-16,24H,10-14H2,1H3,(H,25,27). The highest BCUT2D eigenvalue weighted by Gasteiger charge is 2.36. The molecule has 3 amide bonds. The van der Waals surface area contributed by atoms with Gasteiger partial charge in [-0.2, -0.15) is 0 Å². The first kappa shape index (κ1) is 19.3. The second kappa shape index (κ2) is 8.17. The minimum absolute atomic E-state index is 0.299. The predicted molar refractivity (Wildman–Crippen MR) is 111 cm³/mol. The molecule has 1 fully saturated rings. The molecule has 6 heteroatoms. The third kappa shape index (κ3) is 4.38. The Balaban J connectivity index is 1.37. The second-order valence-corrected chi connectivity index (χ2v) is 7.91. The van der Waals surface area contributed by atoms with Crippen LogP contribution in [-0.4, -0.2) is 35.2 Å². The van der Waals surface area contributed by atoms with Crippen molar-refractivity contribution in [1.82, 2.24) is 10.2 Å². The highest BCUT2D eigenvalue weighted by Crippen LogP contribution is 2.33. The van der Waals surface area contributed by atoms with E-state index in [2.05, 4.69) is 17.6 Å². The summed E-state index contributed by atoms with van der Waals surface area (Å²) in [5, 5.41) is 6.37. The number of hydrogen-bond acceptors (Lipinski definition) is 4. The summed E-state index contributed by atoms with van der Waals surface area (Å²) in [6.07, 6.45) is 3.83. The zero-order valence-electron chi connectivity index (χ0n) is 16.5. The molecule has 150 valence electrons. The van der Waals surface area contributed by atoms with E-state index in [0.717, 1.165) is 16.4 Å². The maximum absolute atomic E-state index is 12.6. The smallest absolute Gasteiger partial charge is 0.262 e. The van der Waals surface area contributed by atoms with Gasteiger partial charge in [0.1, 0.15) is 6.54 Å². The summed E-state index contributed by atoms with van der Waals surface area (Å²) in [4.78, 5) is 38.5. The Kier molecular flexibility index (Phi) is 5.45. The van der Waals surface area contributed by atoms with Gasteiger partial charge in [-0.25, -0.2) is 0 Å². The number of carbonyl (C=O) groups excluding carboxylic acids is 3. The number of hydrogen-bond donors (Lipinski definition) is 2. The Hall–Kier alpha value is -2.99. The van der Waals surface area contributed by atoms with Crippen molar-refractivity contribution in [3.05, 3.63) is 65.2 Å². The quantitative estimate of drug-likeness (QED) is 0.678. The molecular weight excluding hydrogens is 366 g/mol. The number of imide groups is 1. The largest absolute Gasteiger partial charge is 0.324 e. The van der Waals surface area contributed by atoms with E-state index in [1.54, 1.807) is 24.3 Å². The molecule has 0 saturated heterocycles. The van der Waals surface area contributed by atoms with Crippen LogP contribution in [0.25, 0.3) is 0 Å². The fraction of sp³-hybridized carbons (Fsp3) is 0.348. The number of benzene rings is 2. The minimum atomic E-state index is -0.426. The van der Waals surface area contributed by atoms with Crippen LogP contribution in [0.5, 0.6) is 0 Å². The Labute approximate surface area is 170 Å². The zero-order chi connectivity index (χ0) is 20.4. The van der Waals surface area contributed by atoms with Crippen molar-refractivity contribution in [1.29, 1.82) is 0 Å². The molecule has 1 unspecified atom stereocenters. The lowest BCUT2D eigenvalue weighted by atomic mass is 10.1. The fourth-order valence-corrected chi connectivity index (χ4v) is 3.73. The van der Waals surface area contributed by atoms with Gasteiger partial charge in [-0.15, -0.1) is 0 Å². The van der Waals surface area contributed by atoms with Crippen LogP contribution < -0.4 is 10.6 Å². The molecule has 1 aliphatic carbocycles. The summed E-state index contributed by atoms with van der Waals surface area (Å²) in [6, 6.07) is 14.6. The number of nitrogens with one attached hydrogen (secondary N) is 2. The average Bonchev–Trinajstić information content (AvgIpc) is 3.50. The molecule has 1 aliphatic heterocycles. The zero-order valence-corrected chi connectivity index (χ0v) is 16.5. The first-order valence-electron chi connectivity index (χ1n) is 10.1. The van der Waals surface area contributed by atoms with Gasteiger partial charge >= 0.3 is 0 Å². The monoisotopic (exact) mass is 391 g/mol. The van der Waals surface area contributed by atoms with Gasteiger partial charge in [-0.3, -0.25) is 19.3 Å². The Morgan fingerprint density at radius 1 is 1.03 bits per heavy atom. The molecule has 2 N–H and O–H groups in total. The summed E-state index contributed by atoms with van der Waals surface area (Å²) in [7, 11) is 0. The van der Waals surface area contributed by atoms with E-state index in [9.17, 15) is 14.4 Å². The lowest BCUT2D eigenvalue weighted by Gasteiger charge is -2.17. The molecule has 0 bridgehead atoms. The molecule has 29 heavy (non-hydrogen) atoms. The van der Waals surface area contributed by atoms with Gasteiger partial charge in [0.05, 0.1) is 11.1 Å². The summed E-state index contributed by atoms with van der Waals surface area (Å²) >= 11 is 0. The van der Waals surface area contributed by atoms with E-state index in [1.807, 2.05) is 24.3 Å².